The molecule has 1 heterocycles. The van der Waals surface area contributed by atoms with Crippen molar-refractivity contribution in [3.8, 4) is 17.6 Å². The summed E-state index contributed by atoms with van der Waals surface area (Å²) in [6.07, 6.45) is 2.94. The molecule has 32 heavy (non-hydrogen) atoms. The Labute approximate surface area is 189 Å². The highest BCUT2D eigenvalue weighted by atomic mass is 35.5. The minimum atomic E-state index is -0.573. The predicted molar refractivity (Wildman–Crippen MR) is 118 cm³/mol. The van der Waals surface area contributed by atoms with Crippen LogP contribution in [0.4, 0.5) is 0 Å². The number of esters is 1. The van der Waals surface area contributed by atoms with Crippen LogP contribution in [0.1, 0.15) is 16.9 Å². The fourth-order valence-electron chi connectivity index (χ4n) is 2.63. The molecule has 0 unspecified atom stereocenters. The van der Waals surface area contributed by atoms with Gasteiger partial charge < -0.3 is 19.2 Å². The lowest BCUT2D eigenvalue weighted by atomic mass is 10.1. The zero-order valence-electron chi connectivity index (χ0n) is 17.1. The van der Waals surface area contributed by atoms with E-state index in [1.54, 1.807) is 54.6 Å². The number of benzene rings is 2. The molecule has 8 heteroatoms. The zero-order valence-corrected chi connectivity index (χ0v) is 17.9. The number of hydrogen-bond donors (Lipinski definition) is 1. The SMILES string of the molecule is Cc1cc(OCC(=O)Oc2ccc(/C=C(\C#N)C(=O)NCc3ccco3)cc2)ccc1Cl. The van der Waals surface area contributed by atoms with Crippen LogP contribution in [0.25, 0.3) is 6.08 Å². The number of carbonyl (C=O) groups is 2. The van der Waals surface area contributed by atoms with E-state index in [1.807, 2.05) is 13.0 Å². The van der Waals surface area contributed by atoms with Gasteiger partial charge in [-0.1, -0.05) is 23.7 Å². The van der Waals surface area contributed by atoms with Crippen molar-refractivity contribution in [1.29, 1.82) is 5.26 Å². The first kappa shape index (κ1) is 22.7. The van der Waals surface area contributed by atoms with E-state index in [2.05, 4.69) is 5.32 Å². The zero-order chi connectivity index (χ0) is 22.9. The van der Waals surface area contributed by atoms with E-state index in [1.165, 1.54) is 12.3 Å². The van der Waals surface area contributed by atoms with E-state index in [4.69, 9.17) is 25.5 Å². The lowest BCUT2D eigenvalue weighted by molar-refractivity contribution is -0.136. The highest BCUT2D eigenvalue weighted by Crippen LogP contribution is 2.21. The van der Waals surface area contributed by atoms with Gasteiger partial charge in [-0.2, -0.15) is 5.26 Å². The third-order valence-corrected chi connectivity index (χ3v) is 4.70. The maximum absolute atomic E-state index is 12.2. The lowest BCUT2D eigenvalue weighted by Gasteiger charge is -2.08. The molecule has 7 nitrogen and oxygen atoms in total. The number of nitrogens with one attached hydrogen (secondary N) is 1. The summed E-state index contributed by atoms with van der Waals surface area (Å²) in [4.78, 5) is 24.2. The second-order valence-corrected chi connectivity index (χ2v) is 7.08. The molecule has 3 rings (SSSR count). The Morgan fingerprint density at radius 3 is 2.56 bits per heavy atom. The van der Waals surface area contributed by atoms with Crippen LogP contribution in [-0.2, 0) is 16.1 Å². The minimum absolute atomic E-state index is 0.0621. The maximum atomic E-state index is 12.2. The van der Waals surface area contributed by atoms with Crippen LogP contribution in [0.15, 0.2) is 70.9 Å². The summed E-state index contributed by atoms with van der Waals surface area (Å²) in [6.45, 7) is 1.75. The third-order valence-electron chi connectivity index (χ3n) is 4.28. The Bertz CT molecular complexity index is 1160. The highest BCUT2D eigenvalue weighted by molar-refractivity contribution is 6.31. The molecule has 0 saturated carbocycles. The van der Waals surface area contributed by atoms with Crippen molar-refractivity contribution in [2.24, 2.45) is 0 Å². The van der Waals surface area contributed by atoms with Crippen molar-refractivity contribution >= 4 is 29.6 Å². The van der Waals surface area contributed by atoms with Gasteiger partial charge in [-0.05, 0) is 66.6 Å². The summed E-state index contributed by atoms with van der Waals surface area (Å²) in [7, 11) is 0. The van der Waals surface area contributed by atoms with Crippen molar-refractivity contribution < 1.29 is 23.5 Å². The first-order valence-electron chi connectivity index (χ1n) is 9.56. The number of carbonyl (C=O) groups excluding carboxylic acids is 2. The summed E-state index contributed by atoms with van der Waals surface area (Å²) in [5.41, 5.74) is 1.38. The molecule has 0 saturated heterocycles. The van der Waals surface area contributed by atoms with Crippen molar-refractivity contribution in [1.82, 2.24) is 5.32 Å². The molecule has 3 aromatic rings. The summed E-state index contributed by atoms with van der Waals surface area (Å²) in [5, 5.41) is 12.5. The van der Waals surface area contributed by atoms with Gasteiger partial charge in [-0.3, -0.25) is 4.79 Å². The lowest BCUT2D eigenvalue weighted by Crippen LogP contribution is -2.23. The number of nitriles is 1. The summed E-state index contributed by atoms with van der Waals surface area (Å²) >= 11 is 5.96. The molecule has 0 spiro atoms. The van der Waals surface area contributed by atoms with Crippen molar-refractivity contribution in [2.75, 3.05) is 6.61 Å². The van der Waals surface area contributed by atoms with Crippen LogP contribution >= 0.6 is 11.6 Å². The van der Waals surface area contributed by atoms with Crippen LogP contribution in [0.2, 0.25) is 5.02 Å². The standard InChI is InChI=1S/C24H19ClN2O5/c1-16-11-20(8-9-22(16)25)31-15-23(28)32-19-6-4-17(5-7-19)12-18(13-26)24(29)27-14-21-3-2-10-30-21/h2-12H,14-15H2,1H3,(H,27,29)/b18-12+. The number of hydrogen-bond acceptors (Lipinski definition) is 6. The molecule has 0 atom stereocenters. The molecular weight excluding hydrogens is 432 g/mol. The molecule has 0 aliphatic carbocycles. The van der Waals surface area contributed by atoms with Gasteiger partial charge in [0.15, 0.2) is 6.61 Å². The Hall–Kier alpha value is -4.02. The number of nitrogens with zero attached hydrogens (tertiary/aromatic N) is 1. The summed E-state index contributed by atoms with van der Waals surface area (Å²) < 4.78 is 15.8. The van der Waals surface area contributed by atoms with E-state index < -0.39 is 11.9 Å². The summed E-state index contributed by atoms with van der Waals surface area (Å²) in [6, 6.07) is 16.8. The van der Waals surface area contributed by atoms with Crippen LogP contribution < -0.4 is 14.8 Å². The molecule has 162 valence electrons. The Morgan fingerprint density at radius 2 is 1.91 bits per heavy atom. The maximum Gasteiger partial charge on any atom is 0.349 e. The van der Waals surface area contributed by atoms with Crippen LogP contribution in [0.3, 0.4) is 0 Å². The van der Waals surface area contributed by atoms with Gasteiger partial charge in [0.25, 0.3) is 5.91 Å². The number of amides is 1. The van der Waals surface area contributed by atoms with Gasteiger partial charge in [0.1, 0.15) is 28.9 Å². The molecule has 1 aromatic heterocycles. The normalized spacial score (nSPS) is 10.8. The molecule has 0 bridgehead atoms. The van der Waals surface area contributed by atoms with Gasteiger partial charge in [0.2, 0.25) is 0 Å². The third kappa shape index (κ3) is 6.49. The van der Waals surface area contributed by atoms with E-state index in [9.17, 15) is 14.9 Å². The van der Waals surface area contributed by atoms with E-state index >= 15 is 0 Å². The average Bonchev–Trinajstić information content (AvgIpc) is 3.31. The van der Waals surface area contributed by atoms with Crippen LogP contribution in [0.5, 0.6) is 11.5 Å². The molecule has 1 N–H and O–H groups in total. The molecule has 0 radical (unpaired) electrons. The minimum Gasteiger partial charge on any atom is -0.482 e. The fraction of sp³-hybridized carbons (Fsp3) is 0.125. The smallest absolute Gasteiger partial charge is 0.349 e. The highest BCUT2D eigenvalue weighted by Gasteiger charge is 2.10. The predicted octanol–water partition coefficient (Wildman–Crippen LogP) is 4.45. The summed E-state index contributed by atoms with van der Waals surface area (Å²) in [5.74, 6) is 0.310. The van der Waals surface area contributed by atoms with E-state index in [0.717, 1.165) is 5.56 Å². The fourth-order valence-corrected chi connectivity index (χ4v) is 2.75. The molecule has 2 aromatic carbocycles. The first-order chi connectivity index (χ1) is 15.4. The van der Waals surface area contributed by atoms with Crippen LogP contribution in [0, 0.1) is 18.3 Å². The van der Waals surface area contributed by atoms with Gasteiger partial charge in [-0.15, -0.1) is 0 Å². The molecule has 0 aliphatic heterocycles. The van der Waals surface area contributed by atoms with Crippen LogP contribution in [-0.4, -0.2) is 18.5 Å². The number of halogens is 1. The van der Waals surface area contributed by atoms with Crippen molar-refractivity contribution in [3.63, 3.8) is 0 Å². The molecule has 0 fully saturated rings. The Kier molecular flexibility index (Phi) is 7.68. The first-order valence-corrected chi connectivity index (χ1v) is 9.94. The Morgan fingerprint density at radius 1 is 1.16 bits per heavy atom. The monoisotopic (exact) mass is 450 g/mol. The topological polar surface area (TPSA) is 102 Å². The van der Waals surface area contributed by atoms with Crippen molar-refractivity contribution in [2.45, 2.75) is 13.5 Å². The average molecular weight is 451 g/mol. The van der Waals surface area contributed by atoms with Gasteiger partial charge in [0, 0.05) is 5.02 Å². The van der Waals surface area contributed by atoms with Crippen molar-refractivity contribution in [3.05, 3.63) is 88.3 Å². The van der Waals surface area contributed by atoms with Gasteiger partial charge in [0.05, 0.1) is 12.8 Å². The number of aryl methyl sites for hydroxylation is 1. The second kappa shape index (κ2) is 10.8. The molecule has 1 amide bonds. The molecule has 0 aliphatic rings. The van der Waals surface area contributed by atoms with Gasteiger partial charge in [-0.25, -0.2) is 4.79 Å². The largest absolute Gasteiger partial charge is 0.482 e. The number of ether oxygens (including phenoxy) is 2. The van der Waals surface area contributed by atoms with E-state index in [0.29, 0.717) is 27.8 Å². The quantitative estimate of drug-likeness (QED) is 0.235. The Balaban J connectivity index is 1.53. The number of furan rings is 1. The van der Waals surface area contributed by atoms with E-state index in [-0.39, 0.29) is 18.7 Å². The molecular formula is C24H19ClN2O5. The second-order valence-electron chi connectivity index (χ2n) is 6.67. The number of rotatable bonds is 8. The van der Waals surface area contributed by atoms with Gasteiger partial charge >= 0.3 is 5.97 Å².